The maximum absolute atomic E-state index is 6.17. The van der Waals surface area contributed by atoms with Crippen LogP contribution in [-0.2, 0) is 0 Å². The van der Waals surface area contributed by atoms with E-state index in [1.165, 1.54) is 12.5 Å². The highest BCUT2D eigenvalue weighted by atomic mass is 35.5. The van der Waals surface area contributed by atoms with E-state index in [0.717, 1.165) is 10.9 Å². The standard InChI is InChI=1S/C18H13ClN6O/c19-12-6-7-14(22-9-12)25-17-15(20)18(24-10-23-17)26-13-5-1-3-11-4-2-8-21-16(11)13/h1-10H,20H2,(H,22,23,24,25). The van der Waals surface area contributed by atoms with Crippen molar-refractivity contribution in [2.45, 2.75) is 0 Å². The number of nitrogen functional groups attached to an aromatic ring is 1. The lowest BCUT2D eigenvalue weighted by Crippen LogP contribution is -2.04. The minimum absolute atomic E-state index is 0.231. The zero-order valence-corrected chi connectivity index (χ0v) is 14.2. The largest absolute Gasteiger partial charge is 0.435 e. The van der Waals surface area contributed by atoms with E-state index in [4.69, 9.17) is 22.1 Å². The predicted octanol–water partition coefficient (Wildman–Crippen LogP) is 4.19. The highest BCUT2D eigenvalue weighted by Gasteiger charge is 2.13. The van der Waals surface area contributed by atoms with E-state index in [1.807, 2.05) is 30.3 Å². The minimum Gasteiger partial charge on any atom is -0.435 e. The van der Waals surface area contributed by atoms with Gasteiger partial charge in [0, 0.05) is 17.8 Å². The maximum Gasteiger partial charge on any atom is 0.248 e. The van der Waals surface area contributed by atoms with Crippen LogP contribution in [0, 0.1) is 0 Å². The number of anilines is 3. The highest BCUT2D eigenvalue weighted by Crippen LogP contribution is 2.33. The molecule has 3 heterocycles. The maximum atomic E-state index is 6.17. The summed E-state index contributed by atoms with van der Waals surface area (Å²) in [5.41, 5.74) is 7.15. The number of nitrogens with zero attached hydrogens (tertiary/aromatic N) is 4. The van der Waals surface area contributed by atoms with E-state index < -0.39 is 0 Å². The molecule has 128 valence electrons. The molecule has 0 aliphatic carbocycles. The van der Waals surface area contributed by atoms with E-state index >= 15 is 0 Å². The Morgan fingerprint density at radius 1 is 0.962 bits per heavy atom. The van der Waals surface area contributed by atoms with Gasteiger partial charge in [-0.3, -0.25) is 4.98 Å². The van der Waals surface area contributed by atoms with Crippen LogP contribution in [0.25, 0.3) is 10.9 Å². The first-order valence-electron chi connectivity index (χ1n) is 7.71. The molecule has 4 rings (SSSR count). The van der Waals surface area contributed by atoms with Gasteiger partial charge in [0.15, 0.2) is 11.6 Å². The Labute approximate surface area is 153 Å². The van der Waals surface area contributed by atoms with Crippen LogP contribution in [0.2, 0.25) is 5.02 Å². The van der Waals surface area contributed by atoms with Crippen molar-refractivity contribution >= 4 is 39.8 Å². The molecule has 0 aliphatic rings. The number of para-hydroxylation sites is 1. The van der Waals surface area contributed by atoms with Crippen molar-refractivity contribution in [2.24, 2.45) is 0 Å². The lowest BCUT2D eigenvalue weighted by Gasteiger charge is -2.12. The van der Waals surface area contributed by atoms with Gasteiger partial charge >= 0.3 is 0 Å². The quantitative estimate of drug-likeness (QED) is 0.560. The Hall–Kier alpha value is -3.45. The van der Waals surface area contributed by atoms with Crippen LogP contribution < -0.4 is 15.8 Å². The molecule has 0 spiro atoms. The average molecular weight is 365 g/mol. The van der Waals surface area contributed by atoms with Crippen molar-refractivity contribution in [1.29, 1.82) is 0 Å². The summed E-state index contributed by atoms with van der Waals surface area (Å²) in [5, 5.41) is 4.52. The predicted molar refractivity (Wildman–Crippen MR) is 101 cm³/mol. The van der Waals surface area contributed by atoms with E-state index in [9.17, 15) is 0 Å². The molecule has 26 heavy (non-hydrogen) atoms. The number of hydrogen-bond donors (Lipinski definition) is 2. The number of halogens is 1. The average Bonchev–Trinajstić information content (AvgIpc) is 2.67. The monoisotopic (exact) mass is 364 g/mol. The Bertz CT molecular complexity index is 1070. The molecule has 0 bridgehead atoms. The van der Waals surface area contributed by atoms with Crippen LogP contribution in [0.5, 0.6) is 11.6 Å². The summed E-state index contributed by atoms with van der Waals surface area (Å²) < 4.78 is 5.90. The first-order chi connectivity index (χ1) is 12.7. The highest BCUT2D eigenvalue weighted by molar-refractivity contribution is 6.30. The summed E-state index contributed by atoms with van der Waals surface area (Å²) in [5.74, 6) is 1.73. The summed E-state index contributed by atoms with van der Waals surface area (Å²) in [4.78, 5) is 16.8. The van der Waals surface area contributed by atoms with E-state index in [1.54, 1.807) is 18.3 Å². The van der Waals surface area contributed by atoms with Crippen LogP contribution in [0.15, 0.2) is 61.2 Å². The van der Waals surface area contributed by atoms with Crippen molar-refractivity contribution in [1.82, 2.24) is 19.9 Å². The number of aromatic nitrogens is 4. The van der Waals surface area contributed by atoms with E-state index in [0.29, 0.717) is 22.4 Å². The second kappa shape index (κ2) is 6.81. The Morgan fingerprint density at radius 3 is 2.69 bits per heavy atom. The topological polar surface area (TPSA) is 98.8 Å². The van der Waals surface area contributed by atoms with Crippen molar-refractivity contribution in [3.05, 3.63) is 66.2 Å². The van der Waals surface area contributed by atoms with Crippen LogP contribution in [0.4, 0.5) is 17.3 Å². The third-order valence-electron chi connectivity index (χ3n) is 3.62. The van der Waals surface area contributed by atoms with Crippen LogP contribution in [-0.4, -0.2) is 19.9 Å². The van der Waals surface area contributed by atoms with Gasteiger partial charge in [0.2, 0.25) is 5.88 Å². The number of nitrogens with one attached hydrogen (secondary N) is 1. The molecule has 0 radical (unpaired) electrons. The third kappa shape index (κ3) is 3.20. The Morgan fingerprint density at radius 2 is 1.85 bits per heavy atom. The molecule has 0 amide bonds. The van der Waals surface area contributed by atoms with Crippen molar-refractivity contribution in [3.8, 4) is 11.6 Å². The van der Waals surface area contributed by atoms with E-state index in [-0.39, 0.29) is 11.6 Å². The van der Waals surface area contributed by atoms with Gasteiger partial charge in [0.1, 0.15) is 23.3 Å². The fourth-order valence-electron chi connectivity index (χ4n) is 2.39. The zero-order valence-electron chi connectivity index (χ0n) is 13.4. The summed E-state index contributed by atoms with van der Waals surface area (Å²) >= 11 is 5.84. The number of rotatable bonds is 4. The molecule has 3 aromatic heterocycles. The smallest absolute Gasteiger partial charge is 0.248 e. The molecule has 3 N–H and O–H groups in total. The number of benzene rings is 1. The minimum atomic E-state index is 0.231. The first kappa shape index (κ1) is 16.0. The van der Waals surface area contributed by atoms with Gasteiger partial charge in [-0.2, -0.15) is 4.98 Å². The summed E-state index contributed by atoms with van der Waals surface area (Å²) in [7, 11) is 0. The molecule has 1 aromatic carbocycles. The summed E-state index contributed by atoms with van der Waals surface area (Å²) in [6.45, 7) is 0. The first-order valence-corrected chi connectivity index (χ1v) is 8.09. The normalized spacial score (nSPS) is 10.7. The SMILES string of the molecule is Nc1c(Nc2ccc(Cl)cn2)ncnc1Oc1cccc2cccnc12. The van der Waals surface area contributed by atoms with Crippen LogP contribution in [0.1, 0.15) is 0 Å². The van der Waals surface area contributed by atoms with Crippen molar-refractivity contribution in [3.63, 3.8) is 0 Å². The number of nitrogens with two attached hydrogens (primary N) is 1. The molecule has 0 saturated carbocycles. The Kier molecular flexibility index (Phi) is 4.20. The van der Waals surface area contributed by atoms with Gasteiger partial charge in [-0.1, -0.05) is 29.8 Å². The Balaban J connectivity index is 1.66. The van der Waals surface area contributed by atoms with Gasteiger partial charge in [-0.15, -0.1) is 0 Å². The molecule has 0 saturated heterocycles. The lowest BCUT2D eigenvalue weighted by molar-refractivity contribution is 0.469. The van der Waals surface area contributed by atoms with Crippen LogP contribution in [0.3, 0.4) is 0 Å². The molecule has 0 aliphatic heterocycles. The molecule has 8 heteroatoms. The molecular formula is C18H13ClN6O. The van der Waals surface area contributed by atoms with Gasteiger partial charge in [0.05, 0.1) is 5.02 Å². The van der Waals surface area contributed by atoms with Gasteiger partial charge in [0.25, 0.3) is 0 Å². The fourth-order valence-corrected chi connectivity index (χ4v) is 2.51. The van der Waals surface area contributed by atoms with Crippen molar-refractivity contribution in [2.75, 3.05) is 11.1 Å². The third-order valence-corrected chi connectivity index (χ3v) is 3.85. The van der Waals surface area contributed by atoms with Crippen molar-refractivity contribution < 1.29 is 4.74 Å². The van der Waals surface area contributed by atoms with Gasteiger partial charge < -0.3 is 15.8 Å². The number of fused-ring (bicyclic) bond motifs is 1. The second-order valence-corrected chi connectivity index (χ2v) is 5.80. The summed E-state index contributed by atoms with van der Waals surface area (Å²) in [6, 6.07) is 12.9. The number of pyridine rings is 2. The number of ether oxygens (including phenoxy) is 1. The molecule has 0 atom stereocenters. The molecule has 0 unspecified atom stereocenters. The summed E-state index contributed by atoms with van der Waals surface area (Å²) in [6.07, 6.45) is 4.60. The van der Waals surface area contributed by atoms with Gasteiger partial charge in [-0.05, 0) is 24.3 Å². The van der Waals surface area contributed by atoms with Crippen LogP contribution >= 0.6 is 11.6 Å². The molecule has 7 nitrogen and oxygen atoms in total. The molecule has 4 aromatic rings. The van der Waals surface area contributed by atoms with Gasteiger partial charge in [-0.25, -0.2) is 9.97 Å². The lowest BCUT2D eigenvalue weighted by atomic mass is 10.2. The fraction of sp³-hybridized carbons (Fsp3) is 0. The second-order valence-electron chi connectivity index (χ2n) is 5.36. The van der Waals surface area contributed by atoms with E-state index in [2.05, 4.69) is 25.3 Å². The number of hydrogen-bond acceptors (Lipinski definition) is 7. The zero-order chi connectivity index (χ0) is 17.9. The molecular weight excluding hydrogens is 352 g/mol. The molecule has 0 fully saturated rings.